The fourth-order valence-corrected chi connectivity index (χ4v) is 2.63. The van der Waals surface area contributed by atoms with E-state index in [-0.39, 0.29) is 6.54 Å². The van der Waals surface area contributed by atoms with Crippen molar-refractivity contribution in [3.8, 4) is 0 Å². The fraction of sp³-hybridized carbons (Fsp3) is 0.133. The number of para-hydroxylation sites is 1. The zero-order valence-electron chi connectivity index (χ0n) is 10.8. The molecule has 1 aromatic carbocycles. The lowest BCUT2D eigenvalue weighted by Crippen LogP contribution is -2.29. The number of pyridine rings is 1. The molecule has 1 aliphatic heterocycles. The first-order chi connectivity index (χ1) is 9.58. The first kappa shape index (κ1) is 12.8. The van der Waals surface area contributed by atoms with Crippen LogP contribution in [0.5, 0.6) is 0 Å². The Kier molecular flexibility index (Phi) is 3.03. The number of hydrogen-bond acceptors (Lipinski definition) is 3. The summed E-state index contributed by atoms with van der Waals surface area (Å²) in [4.78, 5) is 29.6. The van der Waals surface area contributed by atoms with Gasteiger partial charge < -0.3 is 0 Å². The van der Waals surface area contributed by atoms with Gasteiger partial charge in [-0.05, 0) is 30.2 Å². The lowest BCUT2D eigenvalue weighted by atomic mass is 10.1. The average Bonchev–Trinajstić information content (AvgIpc) is 2.66. The van der Waals surface area contributed by atoms with Gasteiger partial charge in [0.15, 0.2) is 0 Å². The molecule has 4 nitrogen and oxygen atoms in total. The zero-order chi connectivity index (χ0) is 14.3. The zero-order valence-corrected chi connectivity index (χ0v) is 11.5. The minimum atomic E-state index is -0.547. The molecule has 5 heteroatoms. The summed E-state index contributed by atoms with van der Waals surface area (Å²) in [7, 11) is 0. The summed E-state index contributed by atoms with van der Waals surface area (Å²) in [6.45, 7) is 2.21. The van der Waals surface area contributed by atoms with Crippen LogP contribution in [0.25, 0.3) is 0 Å². The van der Waals surface area contributed by atoms with E-state index in [2.05, 4.69) is 4.98 Å². The van der Waals surface area contributed by atoms with Gasteiger partial charge in [-0.3, -0.25) is 19.5 Å². The Hall–Kier alpha value is -2.20. The number of ketones is 1. The van der Waals surface area contributed by atoms with Gasteiger partial charge in [-0.1, -0.05) is 23.7 Å². The van der Waals surface area contributed by atoms with Gasteiger partial charge in [0.25, 0.3) is 11.7 Å². The average molecular weight is 287 g/mol. The molecule has 0 bridgehead atoms. The highest BCUT2D eigenvalue weighted by Gasteiger charge is 2.37. The molecule has 0 unspecified atom stereocenters. The van der Waals surface area contributed by atoms with Crippen molar-refractivity contribution in [2.75, 3.05) is 4.90 Å². The molecule has 0 fully saturated rings. The van der Waals surface area contributed by atoms with Crippen LogP contribution in [-0.4, -0.2) is 16.7 Å². The summed E-state index contributed by atoms with van der Waals surface area (Å²) in [5.74, 6) is -1.06. The summed E-state index contributed by atoms with van der Waals surface area (Å²) in [5.41, 5.74) is 2.72. The predicted molar refractivity (Wildman–Crippen MR) is 75.9 cm³/mol. The molecule has 20 heavy (non-hydrogen) atoms. The maximum atomic E-state index is 12.1. The minimum Gasteiger partial charge on any atom is -0.299 e. The van der Waals surface area contributed by atoms with E-state index >= 15 is 0 Å². The van der Waals surface area contributed by atoms with E-state index in [1.807, 2.05) is 13.0 Å². The Morgan fingerprint density at radius 1 is 1.25 bits per heavy atom. The number of anilines is 1. The van der Waals surface area contributed by atoms with Crippen molar-refractivity contribution in [3.63, 3.8) is 0 Å². The van der Waals surface area contributed by atoms with Gasteiger partial charge in [-0.2, -0.15) is 0 Å². The fourth-order valence-electron chi connectivity index (χ4n) is 2.35. The Labute approximate surface area is 121 Å². The van der Waals surface area contributed by atoms with Crippen LogP contribution in [0.4, 0.5) is 5.69 Å². The number of hydrogen-bond donors (Lipinski definition) is 0. The second kappa shape index (κ2) is 4.72. The number of carbonyl (C=O) groups excluding carboxylic acids is 2. The van der Waals surface area contributed by atoms with E-state index in [1.54, 1.807) is 30.6 Å². The summed E-state index contributed by atoms with van der Waals surface area (Å²) >= 11 is 6.13. The normalized spacial score (nSPS) is 13.8. The van der Waals surface area contributed by atoms with Crippen LogP contribution in [0.15, 0.2) is 36.7 Å². The Bertz CT molecular complexity index is 728. The third-order valence-corrected chi connectivity index (χ3v) is 3.52. The number of aryl methyl sites for hydroxylation is 1. The SMILES string of the molecule is Cc1cncc(CN2C(=O)C(=O)c3cccc(Cl)c32)c1. The molecule has 3 rings (SSSR count). The van der Waals surface area contributed by atoms with Crippen LogP contribution >= 0.6 is 11.6 Å². The monoisotopic (exact) mass is 286 g/mol. The van der Waals surface area contributed by atoms with Crippen LogP contribution in [0.3, 0.4) is 0 Å². The molecule has 100 valence electrons. The van der Waals surface area contributed by atoms with Gasteiger partial charge in [-0.15, -0.1) is 0 Å². The molecule has 2 aromatic rings. The quantitative estimate of drug-likeness (QED) is 0.798. The van der Waals surface area contributed by atoms with Crippen LogP contribution < -0.4 is 4.90 Å². The molecule has 0 radical (unpaired) electrons. The topological polar surface area (TPSA) is 50.3 Å². The van der Waals surface area contributed by atoms with Gasteiger partial charge in [0.1, 0.15) is 0 Å². The maximum absolute atomic E-state index is 12.1. The van der Waals surface area contributed by atoms with Crippen molar-refractivity contribution < 1.29 is 9.59 Å². The van der Waals surface area contributed by atoms with Crippen LogP contribution in [0, 0.1) is 6.92 Å². The minimum absolute atomic E-state index is 0.288. The van der Waals surface area contributed by atoms with Crippen molar-refractivity contribution in [1.82, 2.24) is 4.98 Å². The Balaban J connectivity index is 2.03. The Morgan fingerprint density at radius 3 is 2.80 bits per heavy atom. The van der Waals surface area contributed by atoms with Gasteiger partial charge in [-0.25, -0.2) is 0 Å². The van der Waals surface area contributed by atoms with Gasteiger partial charge in [0, 0.05) is 12.4 Å². The number of Topliss-reactive ketones (excluding diaryl/α,β-unsaturated/α-hetero) is 1. The standard InChI is InChI=1S/C15H11ClN2O2/c1-9-5-10(7-17-6-9)8-18-13-11(14(19)15(18)20)3-2-4-12(13)16/h2-7H,8H2,1H3. The van der Waals surface area contributed by atoms with Gasteiger partial charge in [0.2, 0.25) is 0 Å². The first-order valence-corrected chi connectivity index (χ1v) is 6.51. The summed E-state index contributed by atoms with van der Waals surface area (Å²) in [5, 5.41) is 0.405. The lowest BCUT2D eigenvalue weighted by molar-refractivity contribution is -0.114. The highest BCUT2D eigenvalue weighted by atomic mass is 35.5. The molecule has 1 aromatic heterocycles. The number of aromatic nitrogens is 1. The summed E-state index contributed by atoms with van der Waals surface area (Å²) < 4.78 is 0. The smallest absolute Gasteiger partial charge is 0.299 e. The molecular formula is C15H11ClN2O2. The number of carbonyl (C=O) groups is 2. The maximum Gasteiger partial charge on any atom is 0.299 e. The molecule has 0 saturated carbocycles. The molecule has 0 N–H and O–H groups in total. The van der Waals surface area contributed by atoms with Crippen molar-refractivity contribution in [2.45, 2.75) is 13.5 Å². The number of halogens is 1. The number of nitrogens with zero attached hydrogens (tertiary/aromatic N) is 2. The Morgan fingerprint density at radius 2 is 2.05 bits per heavy atom. The number of fused-ring (bicyclic) bond motifs is 1. The third kappa shape index (κ3) is 1.98. The van der Waals surface area contributed by atoms with E-state index in [9.17, 15) is 9.59 Å². The number of amides is 1. The summed E-state index contributed by atoms with van der Waals surface area (Å²) in [6, 6.07) is 6.90. The molecule has 1 amide bonds. The molecule has 1 aliphatic rings. The van der Waals surface area contributed by atoms with E-state index in [0.717, 1.165) is 11.1 Å². The van der Waals surface area contributed by atoms with Crippen LogP contribution in [0.1, 0.15) is 21.5 Å². The highest BCUT2D eigenvalue weighted by Crippen LogP contribution is 2.36. The van der Waals surface area contributed by atoms with Gasteiger partial charge in [0.05, 0.1) is 22.8 Å². The van der Waals surface area contributed by atoms with Crippen molar-refractivity contribution in [2.24, 2.45) is 0 Å². The molecular weight excluding hydrogens is 276 g/mol. The lowest BCUT2D eigenvalue weighted by Gasteiger charge is -2.17. The van der Waals surface area contributed by atoms with Crippen molar-refractivity contribution in [1.29, 1.82) is 0 Å². The van der Waals surface area contributed by atoms with Crippen LogP contribution in [0.2, 0.25) is 5.02 Å². The molecule has 0 saturated heterocycles. The second-order valence-electron chi connectivity index (χ2n) is 4.73. The molecule has 0 aliphatic carbocycles. The largest absolute Gasteiger partial charge is 0.299 e. The molecule has 0 spiro atoms. The van der Waals surface area contributed by atoms with Crippen molar-refractivity contribution >= 4 is 29.0 Å². The van der Waals surface area contributed by atoms with E-state index in [4.69, 9.17) is 11.6 Å². The highest BCUT2D eigenvalue weighted by molar-refractivity contribution is 6.54. The number of benzene rings is 1. The van der Waals surface area contributed by atoms with E-state index in [0.29, 0.717) is 16.3 Å². The van der Waals surface area contributed by atoms with E-state index < -0.39 is 11.7 Å². The van der Waals surface area contributed by atoms with E-state index in [1.165, 1.54) is 4.90 Å². The molecule has 0 atom stereocenters. The molecule has 2 heterocycles. The van der Waals surface area contributed by atoms with Gasteiger partial charge >= 0.3 is 0 Å². The summed E-state index contributed by atoms with van der Waals surface area (Å²) in [6.07, 6.45) is 3.42. The predicted octanol–water partition coefficient (Wildman–Crippen LogP) is 2.77. The third-order valence-electron chi connectivity index (χ3n) is 3.21. The van der Waals surface area contributed by atoms with Crippen LogP contribution in [-0.2, 0) is 11.3 Å². The van der Waals surface area contributed by atoms with Crippen molar-refractivity contribution in [3.05, 3.63) is 58.4 Å². The number of rotatable bonds is 2. The first-order valence-electron chi connectivity index (χ1n) is 6.13. The second-order valence-corrected chi connectivity index (χ2v) is 5.13.